The van der Waals surface area contributed by atoms with Gasteiger partial charge in [-0.1, -0.05) is 0 Å². The van der Waals surface area contributed by atoms with Gasteiger partial charge in [-0.2, -0.15) is 0 Å². The van der Waals surface area contributed by atoms with E-state index in [9.17, 15) is 4.79 Å². The SMILES string of the molecule is CCOc1ccc(OCC)c(NC(=O)c2ccco2)c1. The second kappa shape index (κ2) is 6.65. The summed E-state index contributed by atoms with van der Waals surface area (Å²) in [5.74, 6) is 1.18. The molecule has 0 saturated heterocycles. The molecule has 0 aliphatic heterocycles. The van der Waals surface area contributed by atoms with E-state index in [1.165, 1.54) is 6.26 Å². The molecule has 2 aromatic rings. The van der Waals surface area contributed by atoms with Crippen molar-refractivity contribution in [1.82, 2.24) is 0 Å². The molecule has 0 spiro atoms. The maximum absolute atomic E-state index is 12.0. The van der Waals surface area contributed by atoms with E-state index in [1.807, 2.05) is 13.8 Å². The molecular formula is C15H17NO4. The molecule has 1 heterocycles. The summed E-state index contributed by atoms with van der Waals surface area (Å²) in [7, 11) is 0. The zero-order valence-electron chi connectivity index (χ0n) is 11.5. The van der Waals surface area contributed by atoms with Crippen molar-refractivity contribution in [3.05, 3.63) is 42.4 Å². The van der Waals surface area contributed by atoms with E-state index in [1.54, 1.807) is 30.3 Å². The number of amides is 1. The highest BCUT2D eigenvalue weighted by Crippen LogP contribution is 2.29. The Hall–Kier alpha value is -2.43. The fraction of sp³-hybridized carbons (Fsp3) is 0.267. The predicted molar refractivity (Wildman–Crippen MR) is 75.4 cm³/mol. The van der Waals surface area contributed by atoms with Gasteiger partial charge in [-0.25, -0.2) is 0 Å². The van der Waals surface area contributed by atoms with Gasteiger partial charge in [0.1, 0.15) is 11.5 Å². The van der Waals surface area contributed by atoms with Crippen LogP contribution in [-0.4, -0.2) is 19.1 Å². The second-order valence-electron chi connectivity index (χ2n) is 3.96. The largest absolute Gasteiger partial charge is 0.494 e. The average molecular weight is 275 g/mol. The highest BCUT2D eigenvalue weighted by molar-refractivity contribution is 6.03. The summed E-state index contributed by atoms with van der Waals surface area (Å²) < 4.78 is 16.0. The Bertz CT molecular complexity index is 563. The Balaban J connectivity index is 2.22. The zero-order chi connectivity index (χ0) is 14.4. The molecule has 1 amide bonds. The molecule has 1 aromatic heterocycles. The van der Waals surface area contributed by atoms with Crippen LogP contribution >= 0.6 is 0 Å². The van der Waals surface area contributed by atoms with Crippen molar-refractivity contribution in [3.8, 4) is 11.5 Å². The molecule has 0 aliphatic carbocycles. The van der Waals surface area contributed by atoms with Gasteiger partial charge in [0.05, 0.1) is 25.2 Å². The van der Waals surface area contributed by atoms with Crippen molar-refractivity contribution in [2.45, 2.75) is 13.8 Å². The zero-order valence-corrected chi connectivity index (χ0v) is 11.5. The third-order valence-corrected chi connectivity index (χ3v) is 2.56. The Labute approximate surface area is 117 Å². The maximum Gasteiger partial charge on any atom is 0.291 e. The summed E-state index contributed by atoms with van der Waals surface area (Å²) in [5, 5.41) is 2.76. The molecule has 0 saturated carbocycles. The molecule has 0 unspecified atom stereocenters. The molecule has 0 atom stereocenters. The van der Waals surface area contributed by atoms with Gasteiger partial charge < -0.3 is 19.2 Å². The molecular weight excluding hydrogens is 258 g/mol. The standard InChI is InChI=1S/C15H17NO4/c1-3-18-11-7-8-13(19-4-2)12(10-11)16-15(17)14-6-5-9-20-14/h5-10H,3-4H2,1-2H3,(H,16,17). The third kappa shape index (κ3) is 3.32. The number of nitrogens with one attached hydrogen (secondary N) is 1. The van der Waals surface area contributed by atoms with Crippen LogP contribution < -0.4 is 14.8 Å². The number of anilines is 1. The Kier molecular flexibility index (Phi) is 4.65. The van der Waals surface area contributed by atoms with Crippen LogP contribution in [0, 0.1) is 0 Å². The molecule has 1 N–H and O–H groups in total. The van der Waals surface area contributed by atoms with Crippen LogP contribution in [0.25, 0.3) is 0 Å². The van der Waals surface area contributed by atoms with Crippen molar-refractivity contribution >= 4 is 11.6 Å². The average Bonchev–Trinajstić information content (AvgIpc) is 2.96. The monoisotopic (exact) mass is 275 g/mol. The number of carbonyl (C=O) groups excluding carboxylic acids is 1. The second-order valence-corrected chi connectivity index (χ2v) is 3.96. The highest BCUT2D eigenvalue weighted by atomic mass is 16.5. The van der Waals surface area contributed by atoms with E-state index in [0.29, 0.717) is 30.4 Å². The normalized spacial score (nSPS) is 10.1. The molecule has 20 heavy (non-hydrogen) atoms. The quantitative estimate of drug-likeness (QED) is 0.878. The van der Waals surface area contributed by atoms with Gasteiger partial charge in [-0.05, 0) is 38.1 Å². The molecule has 5 nitrogen and oxygen atoms in total. The first-order valence-electron chi connectivity index (χ1n) is 6.49. The molecule has 0 fully saturated rings. The van der Waals surface area contributed by atoms with E-state index in [4.69, 9.17) is 13.9 Å². The molecule has 0 radical (unpaired) electrons. The lowest BCUT2D eigenvalue weighted by Gasteiger charge is -2.12. The molecule has 0 bridgehead atoms. The molecule has 2 rings (SSSR count). The van der Waals surface area contributed by atoms with E-state index in [2.05, 4.69) is 5.32 Å². The highest BCUT2D eigenvalue weighted by Gasteiger charge is 2.13. The summed E-state index contributed by atoms with van der Waals surface area (Å²) in [6, 6.07) is 8.57. The van der Waals surface area contributed by atoms with Crippen LogP contribution in [0.4, 0.5) is 5.69 Å². The van der Waals surface area contributed by atoms with Crippen molar-refractivity contribution in [2.24, 2.45) is 0 Å². The number of hydrogen-bond donors (Lipinski definition) is 1. The number of carbonyl (C=O) groups is 1. The van der Waals surface area contributed by atoms with Gasteiger partial charge in [-0.15, -0.1) is 0 Å². The minimum absolute atomic E-state index is 0.245. The number of hydrogen-bond acceptors (Lipinski definition) is 4. The summed E-state index contributed by atoms with van der Waals surface area (Å²) in [6.45, 7) is 4.85. The van der Waals surface area contributed by atoms with Gasteiger partial charge in [-0.3, -0.25) is 4.79 Å². The fourth-order valence-electron chi connectivity index (χ4n) is 1.74. The summed E-state index contributed by atoms with van der Waals surface area (Å²) in [5.41, 5.74) is 0.555. The van der Waals surface area contributed by atoms with Crippen molar-refractivity contribution in [2.75, 3.05) is 18.5 Å². The molecule has 106 valence electrons. The molecule has 1 aromatic carbocycles. The van der Waals surface area contributed by atoms with Gasteiger partial charge >= 0.3 is 0 Å². The van der Waals surface area contributed by atoms with Crippen LogP contribution in [-0.2, 0) is 0 Å². The number of furan rings is 1. The van der Waals surface area contributed by atoms with Crippen LogP contribution in [0.1, 0.15) is 24.4 Å². The predicted octanol–water partition coefficient (Wildman–Crippen LogP) is 3.33. The van der Waals surface area contributed by atoms with Crippen LogP contribution in [0.3, 0.4) is 0 Å². The van der Waals surface area contributed by atoms with Crippen LogP contribution in [0.15, 0.2) is 41.0 Å². The van der Waals surface area contributed by atoms with E-state index in [-0.39, 0.29) is 11.7 Å². The minimum Gasteiger partial charge on any atom is -0.494 e. The van der Waals surface area contributed by atoms with Gasteiger partial charge in [0.2, 0.25) is 0 Å². The lowest BCUT2D eigenvalue weighted by molar-refractivity contribution is 0.0996. The maximum atomic E-state index is 12.0. The van der Waals surface area contributed by atoms with Gasteiger partial charge in [0.25, 0.3) is 5.91 Å². The smallest absolute Gasteiger partial charge is 0.291 e. The topological polar surface area (TPSA) is 60.7 Å². The number of rotatable bonds is 6. The lowest BCUT2D eigenvalue weighted by atomic mass is 10.2. The fourth-order valence-corrected chi connectivity index (χ4v) is 1.74. The first kappa shape index (κ1) is 14.0. The van der Waals surface area contributed by atoms with E-state index < -0.39 is 0 Å². The van der Waals surface area contributed by atoms with Gasteiger partial charge in [0.15, 0.2) is 5.76 Å². The van der Waals surface area contributed by atoms with E-state index in [0.717, 1.165) is 0 Å². The van der Waals surface area contributed by atoms with Crippen LogP contribution in [0.5, 0.6) is 11.5 Å². The van der Waals surface area contributed by atoms with Crippen molar-refractivity contribution < 1.29 is 18.7 Å². The molecule has 0 aliphatic rings. The Morgan fingerprint density at radius 2 is 2.00 bits per heavy atom. The summed E-state index contributed by atoms with van der Waals surface area (Å²) >= 11 is 0. The Morgan fingerprint density at radius 3 is 2.65 bits per heavy atom. The minimum atomic E-state index is -0.329. The third-order valence-electron chi connectivity index (χ3n) is 2.56. The summed E-state index contributed by atoms with van der Waals surface area (Å²) in [4.78, 5) is 12.0. The first-order chi connectivity index (χ1) is 9.74. The summed E-state index contributed by atoms with van der Waals surface area (Å²) in [6.07, 6.45) is 1.45. The van der Waals surface area contributed by atoms with Gasteiger partial charge in [0, 0.05) is 6.07 Å². The molecule has 5 heteroatoms. The van der Waals surface area contributed by atoms with Crippen LogP contribution in [0.2, 0.25) is 0 Å². The number of ether oxygens (including phenoxy) is 2. The number of benzene rings is 1. The Morgan fingerprint density at radius 1 is 1.20 bits per heavy atom. The van der Waals surface area contributed by atoms with E-state index >= 15 is 0 Å². The lowest BCUT2D eigenvalue weighted by Crippen LogP contribution is -2.12. The van der Waals surface area contributed by atoms with Crippen molar-refractivity contribution in [3.63, 3.8) is 0 Å². The van der Waals surface area contributed by atoms with Crippen molar-refractivity contribution in [1.29, 1.82) is 0 Å². The first-order valence-corrected chi connectivity index (χ1v) is 6.49.